The Bertz CT molecular complexity index is 279. The zero-order valence-corrected chi connectivity index (χ0v) is 10.2. The van der Waals surface area contributed by atoms with Gasteiger partial charge in [-0.2, -0.15) is 0 Å². The highest BCUT2D eigenvalue weighted by Crippen LogP contribution is 2.12. The molecule has 0 spiro atoms. The van der Waals surface area contributed by atoms with Gasteiger partial charge in [0, 0.05) is 13.0 Å². The van der Waals surface area contributed by atoms with Crippen LogP contribution in [-0.4, -0.2) is 60.9 Å². The van der Waals surface area contributed by atoms with Crippen LogP contribution in [0.5, 0.6) is 0 Å². The van der Waals surface area contributed by atoms with Gasteiger partial charge in [0.25, 0.3) is 0 Å². The smallest absolute Gasteiger partial charge is 0.331 e. The molecule has 1 amide bonds. The molecule has 17 heavy (non-hydrogen) atoms. The van der Waals surface area contributed by atoms with Gasteiger partial charge in [-0.05, 0) is 13.3 Å². The molecule has 0 bridgehead atoms. The molecule has 0 aliphatic carbocycles. The first-order valence-corrected chi connectivity index (χ1v) is 5.69. The third-order valence-corrected chi connectivity index (χ3v) is 2.70. The van der Waals surface area contributed by atoms with Crippen molar-refractivity contribution >= 4 is 11.9 Å². The number of carbonyl (C=O) groups excluding carboxylic acids is 2. The number of hydrogen-bond acceptors (Lipinski definition) is 5. The van der Waals surface area contributed by atoms with Gasteiger partial charge in [0.2, 0.25) is 5.91 Å². The average molecular weight is 245 g/mol. The van der Waals surface area contributed by atoms with Crippen molar-refractivity contribution in [2.24, 2.45) is 0 Å². The number of ether oxygens (including phenoxy) is 2. The van der Waals surface area contributed by atoms with Gasteiger partial charge in [-0.3, -0.25) is 4.79 Å². The fourth-order valence-electron chi connectivity index (χ4n) is 1.71. The first-order chi connectivity index (χ1) is 8.06. The molecule has 1 aliphatic heterocycles. The monoisotopic (exact) mass is 245 g/mol. The molecule has 98 valence electrons. The Morgan fingerprint density at radius 1 is 1.59 bits per heavy atom. The molecule has 0 saturated carbocycles. The van der Waals surface area contributed by atoms with Gasteiger partial charge in [0.1, 0.15) is 0 Å². The maximum atomic E-state index is 11.9. The van der Waals surface area contributed by atoms with Crippen LogP contribution >= 0.6 is 0 Å². The Morgan fingerprint density at radius 2 is 2.29 bits per heavy atom. The van der Waals surface area contributed by atoms with Crippen molar-refractivity contribution in [3.05, 3.63) is 0 Å². The largest absolute Gasteiger partial charge is 0.467 e. The predicted molar refractivity (Wildman–Crippen MR) is 59.3 cm³/mol. The second kappa shape index (κ2) is 6.56. The second-order valence-corrected chi connectivity index (χ2v) is 4.09. The number of nitrogens with zero attached hydrogens (tertiary/aromatic N) is 1. The molecule has 1 saturated heterocycles. The van der Waals surface area contributed by atoms with Crippen LogP contribution in [0.1, 0.15) is 19.8 Å². The molecule has 0 aromatic rings. The minimum Gasteiger partial charge on any atom is -0.467 e. The van der Waals surface area contributed by atoms with E-state index < -0.39 is 18.1 Å². The zero-order chi connectivity index (χ0) is 12.8. The first-order valence-electron chi connectivity index (χ1n) is 5.69. The Kier molecular flexibility index (Phi) is 5.37. The Labute approximate surface area is 100 Å². The Hall–Kier alpha value is -1.14. The van der Waals surface area contributed by atoms with E-state index >= 15 is 0 Å². The van der Waals surface area contributed by atoms with Gasteiger partial charge in [0.05, 0.1) is 26.4 Å². The van der Waals surface area contributed by atoms with Crippen LogP contribution in [0.25, 0.3) is 0 Å². The van der Waals surface area contributed by atoms with Crippen molar-refractivity contribution in [2.75, 3.05) is 26.9 Å². The summed E-state index contributed by atoms with van der Waals surface area (Å²) in [5.74, 6) is -0.611. The maximum absolute atomic E-state index is 11.9. The summed E-state index contributed by atoms with van der Waals surface area (Å²) in [7, 11) is 1.29. The lowest BCUT2D eigenvalue weighted by Gasteiger charge is -2.33. The number of methoxy groups -OCH3 is 1. The van der Waals surface area contributed by atoms with Crippen LogP contribution in [0.4, 0.5) is 0 Å². The molecule has 0 radical (unpaired) electrons. The molecule has 1 aliphatic rings. The van der Waals surface area contributed by atoms with E-state index in [1.807, 2.05) is 0 Å². The van der Waals surface area contributed by atoms with Crippen LogP contribution in [-0.2, 0) is 19.1 Å². The van der Waals surface area contributed by atoms with Crippen LogP contribution in [0.15, 0.2) is 0 Å². The average Bonchev–Trinajstić information content (AvgIpc) is 2.34. The lowest BCUT2D eigenvalue weighted by molar-refractivity contribution is -0.160. The topological polar surface area (TPSA) is 76.1 Å². The minimum absolute atomic E-state index is 0.149. The van der Waals surface area contributed by atoms with Gasteiger partial charge >= 0.3 is 5.97 Å². The van der Waals surface area contributed by atoms with Crippen LogP contribution in [0.3, 0.4) is 0 Å². The van der Waals surface area contributed by atoms with Gasteiger partial charge in [-0.15, -0.1) is 0 Å². The van der Waals surface area contributed by atoms with Crippen molar-refractivity contribution in [1.29, 1.82) is 0 Å². The van der Waals surface area contributed by atoms with Gasteiger partial charge < -0.3 is 19.5 Å². The van der Waals surface area contributed by atoms with E-state index in [1.165, 1.54) is 12.0 Å². The van der Waals surface area contributed by atoms with Gasteiger partial charge in [-0.25, -0.2) is 4.79 Å². The summed E-state index contributed by atoms with van der Waals surface area (Å²) in [5.41, 5.74) is 0. The lowest BCUT2D eigenvalue weighted by Crippen LogP contribution is -2.53. The van der Waals surface area contributed by atoms with Crippen molar-refractivity contribution in [2.45, 2.75) is 31.9 Å². The van der Waals surface area contributed by atoms with E-state index in [0.717, 1.165) is 0 Å². The molecule has 1 rings (SSSR count). The molecule has 1 N–H and O–H groups in total. The third kappa shape index (κ3) is 3.98. The number of amides is 1. The van der Waals surface area contributed by atoms with Gasteiger partial charge in [-0.1, -0.05) is 0 Å². The summed E-state index contributed by atoms with van der Waals surface area (Å²) in [4.78, 5) is 24.8. The summed E-state index contributed by atoms with van der Waals surface area (Å²) in [6.45, 7) is 2.61. The van der Waals surface area contributed by atoms with Crippen molar-refractivity contribution in [3.8, 4) is 0 Å². The van der Waals surface area contributed by atoms with Crippen LogP contribution < -0.4 is 0 Å². The third-order valence-electron chi connectivity index (χ3n) is 2.70. The quantitative estimate of drug-likeness (QED) is 0.679. The molecule has 6 nitrogen and oxygen atoms in total. The van der Waals surface area contributed by atoms with Crippen LogP contribution in [0, 0.1) is 0 Å². The van der Waals surface area contributed by atoms with E-state index in [2.05, 4.69) is 4.74 Å². The van der Waals surface area contributed by atoms with E-state index in [0.29, 0.717) is 19.6 Å². The molecule has 0 aromatic carbocycles. The zero-order valence-electron chi connectivity index (χ0n) is 10.2. The summed E-state index contributed by atoms with van der Waals surface area (Å²) in [5, 5.41) is 9.13. The van der Waals surface area contributed by atoms with Crippen molar-refractivity contribution in [1.82, 2.24) is 4.90 Å². The van der Waals surface area contributed by atoms with E-state index in [4.69, 9.17) is 9.84 Å². The summed E-state index contributed by atoms with van der Waals surface area (Å²) in [6.07, 6.45) is 0.103. The minimum atomic E-state index is -0.657. The SMILES string of the molecule is COC(=O)C1COCCN1C(=O)CCC(C)O. The number of hydrogen-bond donors (Lipinski definition) is 1. The molecular formula is C11H19NO5. The highest BCUT2D eigenvalue weighted by Gasteiger charge is 2.33. The molecule has 0 aromatic heterocycles. The maximum Gasteiger partial charge on any atom is 0.331 e. The fraction of sp³-hybridized carbons (Fsp3) is 0.818. The normalized spacial score (nSPS) is 22.1. The molecule has 1 heterocycles. The lowest BCUT2D eigenvalue weighted by atomic mass is 10.1. The molecule has 6 heteroatoms. The molecular weight excluding hydrogens is 226 g/mol. The van der Waals surface area contributed by atoms with Crippen LogP contribution in [0.2, 0.25) is 0 Å². The summed E-state index contributed by atoms with van der Waals surface area (Å²) >= 11 is 0. The highest BCUT2D eigenvalue weighted by atomic mass is 16.5. The predicted octanol–water partition coefficient (Wildman–Crippen LogP) is -0.452. The van der Waals surface area contributed by atoms with Crippen molar-refractivity contribution < 1.29 is 24.2 Å². The second-order valence-electron chi connectivity index (χ2n) is 4.09. The van der Waals surface area contributed by atoms with Crippen molar-refractivity contribution in [3.63, 3.8) is 0 Å². The Balaban J connectivity index is 2.58. The van der Waals surface area contributed by atoms with E-state index in [9.17, 15) is 9.59 Å². The number of carbonyl (C=O) groups is 2. The number of morpholine rings is 1. The number of rotatable bonds is 4. The fourth-order valence-corrected chi connectivity index (χ4v) is 1.71. The summed E-state index contributed by atoms with van der Waals surface area (Å²) in [6, 6.07) is -0.657. The van der Waals surface area contributed by atoms with Gasteiger partial charge in [0.15, 0.2) is 6.04 Å². The molecule has 2 unspecified atom stereocenters. The van der Waals surface area contributed by atoms with E-state index in [1.54, 1.807) is 6.92 Å². The van der Waals surface area contributed by atoms with E-state index in [-0.39, 0.29) is 18.9 Å². The Morgan fingerprint density at radius 3 is 2.88 bits per heavy atom. The highest BCUT2D eigenvalue weighted by molar-refractivity contribution is 5.84. The number of aliphatic hydroxyl groups excluding tert-OH is 1. The number of esters is 1. The standard InChI is InChI=1S/C11H19NO5/c1-8(13)3-4-10(14)12-5-6-17-7-9(12)11(15)16-2/h8-9,13H,3-7H2,1-2H3. The molecule has 2 atom stereocenters. The molecule has 1 fully saturated rings. The number of aliphatic hydroxyl groups is 1. The first kappa shape index (κ1) is 13.9. The summed E-state index contributed by atoms with van der Waals surface area (Å²) < 4.78 is 9.80.